The third kappa shape index (κ3) is 2.57. The Morgan fingerprint density at radius 2 is 1.47 bits per heavy atom. The Morgan fingerprint density at radius 3 is 1.95 bits per heavy atom. The number of carbonyl (C=O) groups is 1. The molecule has 0 aliphatic rings. The van der Waals surface area contributed by atoms with Gasteiger partial charge in [0.25, 0.3) is 0 Å². The SMILES string of the molecule is COc1cccc(OC)c1C(=O)c1ccc(F)cc1. The zero-order chi connectivity index (χ0) is 13.8. The molecule has 0 N–H and O–H groups in total. The molecule has 0 amide bonds. The van der Waals surface area contributed by atoms with Gasteiger partial charge < -0.3 is 9.47 Å². The van der Waals surface area contributed by atoms with Crippen molar-refractivity contribution < 1.29 is 18.7 Å². The van der Waals surface area contributed by atoms with Crippen LogP contribution in [0.2, 0.25) is 0 Å². The third-order valence-corrected chi connectivity index (χ3v) is 2.76. The van der Waals surface area contributed by atoms with Gasteiger partial charge in [0.1, 0.15) is 22.9 Å². The molecule has 2 rings (SSSR count). The van der Waals surface area contributed by atoms with E-state index in [0.29, 0.717) is 22.6 Å². The van der Waals surface area contributed by atoms with Crippen molar-refractivity contribution >= 4 is 5.78 Å². The maximum atomic E-state index is 12.9. The summed E-state index contributed by atoms with van der Waals surface area (Å²) in [4.78, 5) is 12.4. The third-order valence-electron chi connectivity index (χ3n) is 2.76. The van der Waals surface area contributed by atoms with Gasteiger partial charge in [-0.3, -0.25) is 4.79 Å². The smallest absolute Gasteiger partial charge is 0.200 e. The Morgan fingerprint density at radius 1 is 0.947 bits per heavy atom. The van der Waals surface area contributed by atoms with E-state index < -0.39 is 0 Å². The lowest BCUT2D eigenvalue weighted by Crippen LogP contribution is -2.06. The number of benzene rings is 2. The summed E-state index contributed by atoms with van der Waals surface area (Å²) in [5, 5.41) is 0. The predicted molar refractivity (Wildman–Crippen MR) is 69.4 cm³/mol. The van der Waals surface area contributed by atoms with Gasteiger partial charge in [0.15, 0.2) is 0 Å². The number of hydrogen-bond acceptors (Lipinski definition) is 3. The van der Waals surface area contributed by atoms with Crippen LogP contribution >= 0.6 is 0 Å². The summed E-state index contributed by atoms with van der Waals surface area (Å²) in [7, 11) is 2.96. The lowest BCUT2D eigenvalue weighted by molar-refractivity contribution is 0.103. The zero-order valence-electron chi connectivity index (χ0n) is 10.6. The molecular formula is C15H13FO3. The highest BCUT2D eigenvalue weighted by molar-refractivity contribution is 6.12. The van der Waals surface area contributed by atoms with E-state index in [1.807, 2.05) is 0 Å². The first kappa shape index (κ1) is 13.1. The molecule has 0 aliphatic carbocycles. The average molecular weight is 260 g/mol. The fraction of sp³-hybridized carbons (Fsp3) is 0.133. The van der Waals surface area contributed by atoms with Crippen LogP contribution in [0.25, 0.3) is 0 Å². The summed E-state index contributed by atoms with van der Waals surface area (Å²) in [6.45, 7) is 0. The summed E-state index contributed by atoms with van der Waals surface area (Å²) in [6, 6.07) is 10.5. The van der Waals surface area contributed by atoms with Crippen LogP contribution < -0.4 is 9.47 Å². The van der Waals surface area contributed by atoms with E-state index in [0.717, 1.165) is 0 Å². The minimum atomic E-state index is -0.386. The van der Waals surface area contributed by atoms with E-state index in [9.17, 15) is 9.18 Å². The number of ether oxygens (including phenoxy) is 2. The summed E-state index contributed by atoms with van der Waals surface area (Å²) in [5.74, 6) is 0.195. The van der Waals surface area contributed by atoms with E-state index in [4.69, 9.17) is 9.47 Å². The maximum Gasteiger partial charge on any atom is 0.200 e. The van der Waals surface area contributed by atoms with Crippen LogP contribution in [0.15, 0.2) is 42.5 Å². The van der Waals surface area contributed by atoms with Crippen molar-refractivity contribution in [1.29, 1.82) is 0 Å². The minimum Gasteiger partial charge on any atom is -0.496 e. The molecule has 2 aromatic rings. The van der Waals surface area contributed by atoms with Crippen LogP contribution in [0.3, 0.4) is 0 Å². The molecule has 0 aromatic heterocycles. The fourth-order valence-corrected chi connectivity index (χ4v) is 1.82. The number of methoxy groups -OCH3 is 2. The van der Waals surface area contributed by atoms with Crippen molar-refractivity contribution in [1.82, 2.24) is 0 Å². The van der Waals surface area contributed by atoms with E-state index in [2.05, 4.69) is 0 Å². The van der Waals surface area contributed by atoms with Gasteiger partial charge in [0.05, 0.1) is 14.2 Å². The van der Waals surface area contributed by atoms with Crippen molar-refractivity contribution in [2.75, 3.05) is 14.2 Å². The fourth-order valence-electron chi connectivity index (χ4n) is 1.82. The highest BCUT2D eigenvalue weighted by Gasteiger charge is 2.19. The summed E-state index contributed by atoms with van der Waals surface area (Å²) in [5.41, 5.74) is 0.711. The second-order valence-electron chi connectivity index (χ2n) is 3.87. The molecule has 0 spiro atoms. The van der Waals surface area contributed by atoms with E-state index in [-0.39, 0.29) is 11.6 Å². The average Bonchev–Trinajstić information content (AvgIpc) is 2.46. The zero-order valence-corrected chi connectivity index (χ0v) is 10.6. The highest BCUT2D eigenvalue weighted by Crippen LogP contribution is 2.30. The number of halogens is 1. The Bertz CT molecular complexity index is 569. The van der Waals surface area contributed by atoms with Crippen molar-refractivity contribution in [2.45, 2.75) is 0 Å². The van der Waals surface area contributed by atoms with E-state index >= 15 is 0 Å². The van der Waals surface area contributed by atoms with Gasteiger partial charge in [-0.25, -0.2) is 4.39 Å². The molecule has 0 unspecified atom stereocenters. The van der Waals surface area contributed by atoms with Crippen LogP contribution in [0, 0.1) is 5.82 Å². The molecule has 2 aromatic carbocycles. The van der Waals surface area contributed by atoms with Gasteiger partial charge in [-0.1, -0.05) is 6.07 Å². The molecule has 4 heteroatoms. The van der Waals surface area contributed by atoms with Crippen molar-refractivity contribution in [3.05, 3.63) is 59.4 Å². The molecule has 0 aliphatic heterocycles. The Hall–Kier alpha value is -2.36. The largest absolute Gasteiger partial charge is 0.496 e. The molecule has 0 saturated carbocycles. The standard InChI is InChI=1S/C15H13FO3/c1-18-12-4-3-5-13(19-2)14(12)15(17)10-6-8-11(16)9-7-10/h3-9H,1-2H3. The first-order valence-corrected chi connectivity index (χ1v) is 5.68. The van der Waals surface area contributed by atoms with E-state index in [1.165, 1.54) is 38.5 Å². The quantitative estimate of drug-likeness (QED) is 0.792. The Kier molecular flexibility index (Phi) is 3.80. The van der Waals surface area contributed by atoms with Crippen molar-refractivity contribution in [2.24, 2.45) is 0 Å². The summed E-state index contributed by atoms with van der Waals surface area (Å²) >= 11 is 0. The number of ketones is 1. The molecule has 0 radical (unpaired) electrons. The van der Waals surface area contributed by atoms with Gasteiger partial charge >= 0.3 is 0 Å². The molecule has 0 heterocycles. The minimum absolute atomic E-state index is 0.269. The predicted octanol–water partition coefficient (Wildman–Crippen LogP) is 3.07. The second-order valence-corrected chi connectivity index (χ2v) is 3.87. The maximum absolute atomic E-state index is 12.9. The van der Waals surface area contributed by atoms with Crippen LogP contribution in [0.5, 0.6) is 11.5 Å². The topological polar surface area (TPSA) is 35.5 Å². The Balaban J connectivity index is 2.51. The molecule has 3 nitrogen and oxygen atoms in total. The summed E-state index contributed by atoms with van der Waals surface area (Å²) in [6.07, 6.45) is 0. The highest BCUT2D eigenvalue weighted by atomic mass is 19.1. The van der Waals surface area contributed by atoms with Gasteiger partial charge in [-0.05, 0) is 36.4 Å². The van der Waals surface area contributed by atoms with Crippen LogP contribution in [0.4, 0.5) is 4.39 Å². The normalized spacial score (nSPS) is 10.1. The monoisotopic (exact) mass is 260 g/mol. The summed E-state index contributed by atoms with van der Waals surface area (Å²) < 4.78 is 23.2. The first-order chi connectivity index (χ1) is 9.17. The molecule has 98 valence electrons. The molecule has 0 saturated heterocycles. The van der Waals surface area contributed by atoms with Crippen LogP contribution in [0.1, 0.15) is 15.9 Å². The molecule has 0 fully saturated rings. The Labute approximate surface area is 110 Å². The number of rotatable bonds is 4. The second kappa shape index (κ2) is 5.52. The van der Waals surface area contributed by atoms with Gasteiger partial charge in [0.2, 0.25) is 5.78 Å². The van der Waals surface area contributed by atoms with Gasteiger partial charge in [-0.15, -0.1) is 0 Å². The molecule has 0 bridgehead atoms. The first-order valence-electron chi connectivity index (χ1n) is 5.68. The lowest BCUT2D eigenvalue weighted by Gasteiger charge is -2.11. The number of hydrogen-bond donors (Lipinski definition) is 0. The van der Waals surface area contributed by atoms with Gasteiger partial charge in [-0.2, -0.15) is 0 Å². The number of carbonyl (C=O) groups excluding carboxylic acids is 1. The van der Waals surface area contributed by atoms with E-state index in [1.54, 1.807) is 18.2 Å². The molecular weight excluding hydrogens is 247 g/mol. The molecule has 19 heavy (non-hydrogen) atoms. The van der Waals surface area contributed by atoms with Gasteiger partial charge in [0, 0.05) is 5.56 Å². The lowest BCUT2D eigenvalue weighted by atomic mass is 10.0. The molecule has 0 atom stereocenters. The van der Waals surface area contributed by atoms with Crippen molar-refractivity contribution in [3.8, 4) is 11.5 Å². The van der Waals surface area contributed by atoms with Crippen molar-refractivity contribution in [3.63, 3.8) is 0 Å². The van der Waals surface area contributed by atoms with Crippen LogP contribution in [-0.4, -0.2) is 20.0 Å². The van der Waals surface area contributed by atoms with Crippen LogP contribution in [-0.2, 0) is 0 Å².